The molecule has 2 heterocycles. The first kappa shape index (κ1) is 29.4. The lowest BCUT2D eigenvalue weighted by Gasteiger charge is -2.13. The van der Waals surface area contributed by atoms with Gasteiger partial charge < -0.3 is 30.6 Å². The predicted octanol–water partition coefficient (Wildman–Crippen LogP) is 3.24. The number of hydrogen-bond acceptors (Lipinski definition) is 9. The Balaban J connectivity index is 1.55. The van der Waals surface area contributed by atoms with Crippen LogP contribution < -0.4 is 21.1 Å². The number of anilines is 2. The summed E-state index contributed by atoms with van der Waals surface area (Å²) in [5, 5.41) is 6.03. The Morgan fingerprint density at radius 2 is 1.93 bits per heavy atom. The molecule has 13 heteroatoms. The highest BCUT2D eigenvalue weighted by Crippen LogP contribution is 2.32. The summed E-state index contributed by atoms with van der Waals surface area (Å²) in [5.41, 5.74) is 8.00. The summed E-state index contributed by atoms with van der Waals surface area (Å²) in [6.45, 7) is 2.97. The molecule has 0 unspecified atom stereocenters. The number of benzene rings is 2. The molecule has 0 spiro atoms. The standard InChI is InChI=1S/C28H30F2N6O5/c1-3-17-14-18(4-5-19(17)28(38)33-10-13-40-12-8-31)35-26-27-34-15-21(36(27)11-9-32-26)20-6-7-22(25(30)24(20)29)41-16-23(37)39-2/h4-7,9,11,14-15H,3,8,10,12-13,16,31H2,1-2H3,(H,32,35)(H,33,38). The average molecular weight is 569 g/mol. The summed E-state index contributed by atoms with van der Waals surface area (Å²) in [7, 11) is 1.16. The molecule has 0 aliphatic rings. The number of carbonyl (C=O) groups excluding carboxylic acids is 2. The van der Waals surface area contributed by atoms with Gasteiger partial charge in [0, 0.05) is 42.3 Å². The highest BCUT2D eigenvalue weighted by atomic mass is 19.2. The van der Waals surface area contributed by atoms with Crippen LogP contribution in [0.1, 0.15) is 22.8 Å². The third-order valence-corrected chi connectivity index (χ3v) is 6.11. The molecule has 11 nitrogen and oxygen atoms in total. The van der Waals surface area contributed by atoms with Gasteiger partial charge >= 0.3 is 5.97 Å². The Kier molecular flexibility index (Phi) is 9.77. The van der Waals surface area contributed by atoms with Crippen molar-refractivity contribution in [2.45, 2.75) is 13.3 Å². The number of amides is 1. The number of hydrogen-bond donors (Lipinski definition) is 3. The van der Waals surface area contributed by atoms with Crippen LogP contribution in [-0.4, -0.2) is 66.3 Å². The van der Waals surface area contributed by atoms with Crippen molar-refractivity contribution in [2.24, 2.45) is 5.73 Å². The fraction of sp³-hybridized carbons (Fsp3) is 0.286. The molecule has 1 amide bonds. The molecule has 4 rings (SSSR count). The first-order valence-corrected chi connectivity index (χ1v) is 12.8. The third kappa shape index (κ3) is 6.76. The van der Waals surface area contributed by atoms with Gasteiger partial charge in [-0.3, -0.25) is 9.20 Å². The molecule has 4 N–H and O–H groups in total. The molecule has 0 aliphatic carbocycles. The van der Waals surface area contributed by atoms with E-state index in [4.69, 9.17) is 15.2 Å². The zero-order valence-electron chi connectivity index (χ0n) is 22.6. The Morgan fingerprint density at radius 1 is 1.10 bits per heavy atom. The minimum absolute atomic E-state index is 0.0605. The molecule has 0 bridgehead atoms. The number of methoxy groups -OCH3 is 1. The first-order valence-electron chi connectivity index (χ1n) is 12.8. The van der Waals surface area contributed by atoms with E-state index in [0.29, 0.717) is 55.4 Å². The SMILES string of the molecule is CCc1cc(Nc2nccn3c(-c4ccc(OCC(=O)OC)c(F)c4F)cnc23)ccc1C(=O)NCCOCCN. The number of esters is 1. The topological polar surface area (TPSA) is 142 Å². The number of fused-ring (bicyclic) bond motifs is 1. The molecule has 4 aromatic rings. The van der Waals surface area contributed by atoms with Crippen molar-refractivity contribution in [3.63, 3.8) is 0 Å². The van der Waals surface area contributed by atoms with Gasteiger partial charge in [-0.1, -0.05) is 6.92 Å². The second kappa shape index (κ2) is 13.6. The lowest BCUT2D eigenvalue weighted by molar-refractivity contribution is -0.142. The van der Waals surface area contributed by atoms with Crippen LogP contribution in [0.5, 0.6) is 5.75 Å². The highest BCUT2D eigenvalue weighted by Gasteiger charge is 2.20. The van der Waals surface area contributed by atoms with Gasteiger partial charge in [-0.05, 0) is 42.3 Å². The van der Waals surface area contributed by atoms with E-state index >= 15 is 4.39 Å². The van der Waals surface area contributed by atoms with Crippen LogP contribution in [0.25, 0.3) is 16.9 Å². The number of ether oxygens (including phenoxy) is 3. The fourth-order valence-corrected chi connectivity index (χ4v) is 4.08. The van der Waals surface area contributed by atoms with Gasteiger partial charge in [-0.25, -0.2) is 19.2 Å². The molecular weight excluding hydrogens is 538 g/mol. The van der Waals surface area contributed by atoms with E-state index in [1.54, 1.807) is 22.7 Å². The van der Waals surface area contributed by atoms with Crippen LogP contribution in [0, 0.1) is 11.6 Å². The van der Waals surface area contributed by atoms with Gasteiger partial charge in [0.15, 0.2) is 29.6 Å². The molecule has 2 aromatic heterocycles. The Labute approximate surface area is 234 Å². The van der Waals surface area contributed by atoms with Crippen LogP contribution in [0.4, 0.5) is 20.3 Å². The van der Waals surface area contributed by atoms with Crippen LogP contribution in [0.3, 0.4) is 0 Å². The number of nitrogens with two attached hydrogens (primary N) is 1. The van der Waals surface area contributed by atoms with Crippen LogP contribution in [0.15, 0.2) is 48.9 Å². The number of aromatic nitrogens is 3. The van der Waals surface area contributed by atoms with Crippen molar-refractivity contribution in [3.8, 4) is 17.0 Å². The second-order valence-corrected chi connectivity index (χ2v) is 8.72. The minimum Gasteiger partial charge on any atom is -0.479 e. The summed E-state index contributed by atoms with van der Waals surface area (Å²) < 4.78 is 46.1. The lowest BCUT2D eigenvalue weighted by atomic mass is 10.0. The molecule has 2 aromatic carbocycles. The van der Waals surface area contributed by atoms with Gasteiger partial charge in [0.05, 0.1) is 32.2 Å². The largest absolute Gasteiger partial charge is 0.479 e. The van der Waals surface area contributed by atoms with Gasteiger partial charge in [0.25, 0.3) is 5.91 Å². The van der Waals surface area contributed by atoms with Crippen molar-refractivity contribution in [3.05, 3.63) is 71.7 Å². The number of halogens is 2. The van der Waals surface area contributed by atoms with Crippen molar-refractivity contribution >= 4 is 29.0 Å². The molecule has 0 atom stereocenters. The molecule has 0 aliphatic heterocycles. The van der Waals surface area contributed by atoms with Crippen molar-refractivity contribution < 1.29 is 32.6 Å². The van der Waals surface area contributed by atoms with Crippen LogP contribution in [-0.2, 0) is 20.7 Å². The predicted molar refractivity (Wildman–Crippen MR) is 147 cm³/mol. The summed E-state index contributed by atoms with van der Waals surface area (Å²) in [5.74, 6) is -3.39. The number of rotatable bonds is 13. The number of imidazole rings is 1. The number of nitrogens with one attached hydrogen (secondary N) is 2. The molecule has 0 saturated carbocycles. The van der Waals surface area contributed by atoms with Gasteiger partial charge in [0.1, 0.15) is 0 Å². The monoisotopic (exact) mass is 568 g/mol. The quantitative estimate of drug-likeness (QED) is 0.164. The number of aryl methyl sites for hydroxylation is 1. The summed E-state index contributed by atoms with van der Waals surface area (Å²) in [6, 6.07) is 7.88. The van der Waals surface area contributed by atoms with Crippen molar-refractivity contribution in [1.82, 2.24) is 19.7 Å². The lowest BCUT2D eigenvalue weighted by Crippen LogP contribution is -2.28. The number of carbonyl (C=O) groups is 2. The van der Waals surface area contributed by atoms with Gasteiger partial charge in [-0.2, -0.15) is 4.39 Å². The van der Waals surface area contributed by atoms with Crippen molar-refractivity contribution in [2.75, 3.05) is 45.3 Å². The maximum Gasteiger partial charge on any atom is 0.343 e. The van der Waals surface area contributed by atoms with E-state index in [1.807, 2.05) is 13.0 Å². The maximum atomic E-state index is 15.0. The third-order valence-electron chi connectivity index (χ3n) is 6.11. The van der Waals surface area contributed by atoms with Gasteiger partial charge in [-0.15, -0.1) is 0 Å². The fourth-order valence-electron chi connectivity index (χ4n) is 4.08. The van der Waals surface area contributed by atoms with Crippen LogP contribution >= 0.6 is 0 Å². The molecule has 216 valence electrons. The van der Waals surface area contributed by atoms with Crippen molar-refractivity contribution in [1.29, 1.82) is 0 Å². The van der Waals surface area contributed by atoms with Gasteiger partial charge in [0.2, 0.25) is 5.82 Å². The molecule has 41 heavy (non-hydrogen) atoms. The van der Waals surface area contributed by atoms with E-state index in [2.05, 4.69) is 25.3 Å². The van der Waals surface area contributed by atoms with Crippen LogP contribution in [0.2, 0.25) is 0 Å². The Bertz CT molecular complexity index is 1540. The Morgan fingerprint density at radius 3 is 2.68 bits per heavy atom. The van der Waals surface area contributed by atoms with E-state index < -0.39 is 30.0 Å². The summed E-state index contributed by atoms with van der Waals surface area (Å²) >= 11 is 0. The average Bonchev–Trinajstić information content (AvgIpc) is 3.42. The van der Waals surface area contributed by atoms with E-state index in [9.17, 15) is 14.0 Å². The summed E-state index contributed by atoms with van der Waals surface area (Å²) in [6.07, 6.45) is 5.08. The maximum absolute atomic E-state index is 15.0. The minimum atomic E-state index is -1.24. The normalized spacial score (nSPS) is 11.0. The second-order valence-electron chi connectivity index (χ2n) is 8.72. The van der Waals surface area contributed by atoms with E-state index in [1.165, 1.54) is 24.5 Å². The van der Waals surface area contributed by atoms with E-state index in [-0.39, 0.29) is 17.2 Å². The molecule has 0 saturated heterocycles. The Hall–Kier alpha value is -4.62. The molecule has 0 radical (unpaired) electrons. The first-order chi connectivity index (χ1) is 19.9. The molecule has 0 fully saturated rings. The zero-order valence-corrected chi connectivity index (χ0v) is 22.6. The highest BCUT2D eigenvalue weighted by molar-refractivity contribution is 5.96. The number of nitrogens with zero attached hydrogens (tertiary/aromatic N) is 3. The van der Waals surface area contributed by atoms with E-state index in [0.717, 1.165) is 12.7 Å². The molecular formula is C28H30F2N6O5. The summed E-state index contributed by atoms with van der Waals surface area (Å²) in [4.78, 5) is 32.7. The zero-order chi connectivity index (χ0) is 29.4. The smallest absolute Gasteiger partial charge is 0.343 e.